The molecule has 2 N–H and O–H groups in total. The monoisotopic (exact) mass is 287 g/mol. The van der Waals surface area contributed by atoms with E-state index in [-0.39, 0.29) is 18.4 Å². The van der Waals surface area contributed by atoms with Gasteiger partial charge in [-0.1, -0.05) is 18.2 Å². The minimum absolute atomic E-state index is 0.257. The highest BCUT2D eigenvalue weighted by atomic mass is 16.2. The molecule has 0 saturated carbocycles. The van der Waals surface area contributed by atoms with Gasteiger partial charge in [0.25, 0.3) is 0 Å². The van der Waals surface area contributed by atoms with Crippen molar-refractivity contribution >= 4 is 23.5 Å². The Kier molecular flexibility index (Phi) is 3.60. The van der Waals surface area contributed by atoms with Gasteiger partial charge in [0.15, 0.2) is 0 Å². The van der Waals surface area contributed by atoms with E-state index >= 15 is 0 Å². The number of fused-ring (bicyclic) bond motifs is 1. The molecule has 1 atom stereocenters. The topological polar surface area (TPSA) is 78.5 Å². The van der Waals surface area contributed by atoms with Crippen molar-refractivity contribution in [3.63, 3.8) is 0 Å². The number of amides is 4. The maximum absolute atomic E-state index is 12.4. The molecule has 6 heteroatoms. The summed E-state index contributed by atoms with van der Waals surface area (Å²) < 4.78 is 0. The smallest absolute Gasteiger partial charge is 0.322 e. The average molecular weight is 287 g/mol. The van der Waals surface area contributed by atoms with E-state index in [0.29, 0.717) is 13.0 Å². The standard InChI is InChI=1S/C15H17N3O3/c19-13-8-7-11(14(20)17-13)16-15(21)18-9-3-5-10-4-1-2-6-12(10)18/h1-2,4,6,11H,3,5,7-9H2,(H,16,21)(H,17,19,20)/t11-/m1/s1. The van der Waals surface area contributed by atoms with Crippen molar-refractivity contribution in [1.82, 2.24) is 10.6 Å². The van der Waals surface area contributed by atoms with E-state index in [1.165, 1.54) is 0 Å². The van der Waals surface area contributed by atoms with Gasteiger partial charge in [-0.3, -0.25) is 19.8 Å². The van der Waals surface area contributed by atoms with Crippen molar-refractivity contribution in [3.8, 4) is 0 Å². The fourth-order valence-corrected chi connectivity index (χ4v) is 2.80. The molecule has 4 amide bonds. The normalized spacial score (nSPS) is 21.5. The number of hydrogen-bond donors (Lipinski definition) is 2. The molecule has 0 aliphatic carbocycles. The van der Waals surface area contributed by atoms with Crippen molar-refractivity contribution < 1.29 is 14.4 Å². The predicted octanol–water partition coefficient (Wildman–Crippen LogP) is 0.954. The summed E-state index contributed by atoms with van der Waals surface area (Å²) in [5, 5.41) is 4.97. The van der Waals surface area contributed by atoms with Crippen LogP contribution in [0.5, 0.6) is 0 Å². The molecule has 21 heavy (non-hydrogen) atoms. The minimum Gasteiger partial charge on any atom is -0.326 e. The highest BCUT2D eigenvalue weighted by molar-refractivity contribution is 6.03. The van der Waals surface area contributed by atoms with Crippen LogP contribution in [0, 0.1) is 0 Å². The predicted molar refractivity (Wildman–Crippen MR) is 76.8 cm³/mol. The fraction of sp³-hybridized carbons (Fsp3) is 0.400. The number of nitrogens with one attached hydrogen (secondary N) is 2. The summed E-state index contributed by atoms with van der Waals surface area (Å²) in [7, 11) is 0. The molecule has 1 fully saturated rings. The number of imide groups is 1. The van der Waals surface area contributed by atoms with Gasteiger partial charge in [-0.15, -0.1) is 0 Å². The van der Waals surface area contributed by atoms with Gasteiger partial charge in [0, 0.05) is 18.7 Å². The summed E-state index contributed by atoms with van der Waals surface area (Å²) in [5.74, 6) is -0.710. The molecular formula is C15H17N3O3. The van der Waals surface area contributed by atoms with Gasteiger partial charge in [0.1, 0.15) is 6.04 Å². The number of carbonyl (C=O) groups excluding carboxylic acids is 3. The number of piperidine rings is 1. The van der Waals surface area contributed by atoms with Crippen LogP contribution in [0.15, 0.2) is 24.3 Å². The van der Waals surface area contributed by atoms with E-state index in [0.717, 1.165) is 24.1 Å². The number of nitrogens with zero attached hydrogens (tertiary/aromatic N) is 1. The van der Waals surface area contributed by atoms with Crippen LogP contribution in [0.25, 0.3) is 0 Å². The van der Waals surface area contributed by atoms with E-state index in [4.69, 9.17) is 0 Å². The second-order valence-corrected chi connectivity index (χ2v) is 5.34. The third kappa shape index (κ3) is 2.74. The molecule has 2 aliphatic rings. The number of hydrogen-bond acceptors (Lipinski definition) is 3. The van der Waals surface area contributed by atoms with Crippen LogP contribution in [0.4, 0.5) is 10.5 Å². The quantitative estimate of drug-likeness (QED) is 0.755. The lowest BCUT2D eigenvalue weighted by atomic mass is 10.0. The molecule has 1 aromatic carbocycles. The Morgan fingerprint density at radius 1 is 1.24 bits per heavy atom. The van der Waals surface area contributed by atoms with Crippen LogP contribution in [0.1, 0.15) is 24.8 Å². The average Bonchev–Trinajstić information content (AvgIpc) is 2.49. The lowest BCUT2D eigenvalue weighted by Crippen LogP contribution is -2.55. The highest BCUT2D eigenvalue weighted by Crippen LogP contribution is 2.26. The second-order valence-electron chi connectivity index (χ2n) is 5.34. The van der Waals surface area contributed by atoms with E-state index in [1.54, 1.807) is 4.90 Å². The van der Waals surface area contributed by atoms with Gasteiger partial charge in [0.2, 0.25) is 11.8 Å². The third-order valence-electron chi connectivity index (χ3n) is 3.89. The van der Waals surface area contributed by atoms with Gasteiger partial charge in [0.05, 0.1) is 0 Å². The van der Waals surface area contributed by atoms with Crippen molar-refractivity contribution in [2.45, 2.75) is 31.7 Å². The molecule has 1 saturated heterocycles. The Labute approximate surface area is 122 Å². The van der Waals surface area contributed by atoms with E-state index in [2.05, 4.69) is 10.6 Å². The summed E-state index contributed by atoms with van der Waals surface area (Å²) in [6.45, 7) is 0.635. The Balaban J connectivity index is 1.72. The summed E-state index contributed by atoms with van der Waals surface area (Å²) in [6.07, 6.45) is 2.47. The number of urea groups is 1. The van der Waals surface area contributed by atoms with Gasteiger partial charge >= 0.3 is 6.03 Å². The third-order valence-corrected chi connectivity index (χ3v) is 3.89. The minimum atomic E-state index is -0.635. The first-order valence-electron chi connectivity index (χ1n) is 7.15. The van der Waals surface area contributed by atoms with Crippen molar-refractivity contribution in [2.75, 3.05) is 11.4 Å². The van der Waals surface area contributed by atoms with Crippen LogP contribution in [-0.4, -0.2) is 30.4 Å². The molecule has 0 unspecified atom stereocenters. The molecule has 1 aromatic rings. The van der Waals surface area contributed by atoms with Crippen molar-refractivity contribution in [1.29, 1.82) is 0 Å². The lowest BCUT2D eigenvalue weighted by molar-refractivity contribution is -0.134. The lowest BCUT2D eigenvalue weighted by Gasteiger charge is -2.31. The second kappa shape index (κ2) is 5.55. The van der Waals surface area contributed by atoms with Crippen molar-refractivity contribution in [2.24, 2.45) is 0 Å². The first-order chi connectivity index (χ1) is 10.1. The number of rotatable bonds is 1. The number of anilines is 1. The molecule has 2 heterocycles. The summed E-state index contributed by atoms with van der Waals surface area (Å²) in [4.78, 5) is 36.9. The molecule has 3 rings (SSSR count). The van der Waals surface area contributed by atoms with Crippen LogP contribution >= 0.6 is 0 Å². The van der Waals surface area contributed by atoms with Gasteiger partial charge in [-0.05, 0) is 30.9 Å². The van der Waals surface area contributed by atoms with Crippen LogP contribution < -0.4 is 15.5 Å². The number of carbonyl (C=O) groups is 3. The molecule has 0 aromatic heterocycles. The maximum atomic E-state index is 12.4. The Morgan fingerprint density at radius 2 is 2.05 bits per heavy atom. The Morgan fingerprint density at radius 3 is 2.86 bits per heavy atom. The zero-order valence-corrected chi connectivity index (χ0v) is 11.6. The number of aryl methyl sites for hydroxylation is 1. The molecule has 0 radical (unpaired) electrons. The Bertz CT molecular complexity index is 600. The maximum Gasteiger partial charge on any atom is 0.322 e. The van der Waals surface area contributed by atoms with Crippen LogP contribution in [-0.2, 0) is 16.0 Å². The van der Waals surface area contributed by atoms with Crippen LogP contribution in [0.3, 0.4) is 0 Å². The molecule has 6 nitrogen and oxygen atoms in total. The van der Waals surface area contributed by atoms with Crippen LogP contribution in [0.2, 0.25) is 0 Å². The van der Waals surface area contributed by atoms with E-state index < -0.39 is 11.9 Å². The van der Waals surface area contributed by atoms with Gasteiger partial charge in [-0.2, -0.15) is 0 Å². The zero-order chi connectivity index (χ0) is 14.8. The SMILES string of the molecule is O=C1CC[C@@H](NC(=O)N2CCCc3ccccc32)C(=O)N1. The van der Waals surface area contributed by atoms with Crippen molar-refractivity contribution in [3.05, 3.63) is 29.8 Å². The summed E-state index contributed by atoms with van der Waals surface area (Å²) in [6, 6.07) is 6.87. The molecule has 0 bridgehead atoms. The Hall–Kier alpha value is -2.37. The zero-order valence-electron chi connectivity index (χ0n) is 11.6. The molecule has 0 spiro atoms. The first kappa shape index (κ1) is 13.6. The summed E-state index contributed by atoms with van der Waals surface area (Å²) >= 11 is 0. The molecular weight excluding hydrogens is 270 g/mol. The number of para-hydroxylation sites is 1. The first-order valence-corrected chi connectivity index (χ1v) is 7.15. The molecule has 110 valence electrons. The van der Waals surface area contributed by atoms with Gasteiger partial charge in [-0.25, -0.2) is 4.79 Å². The fourth-order valence-electron chi connectivity index (χ4n) is 2.80. The number of benzene rings is 1. The highest BCUT2D eigenvalue weighted by Gasteiger charge is 2.30. The molecule has 2 aliphatic heterocycles. The summed E-state index contributed by atoms with van der Waals surface area (Å²) in [5.41, 5.74) is 2.04. The van der Waals surface area contributed by atoms with E-state index in [9.17, 15) is 14.4 Å². The largest absolute Gasteiger partial charge is 0.326 e. The van der Waals surface area contributed by atoms with E-state index in [1.807, 2.05) is 24.3 Å². The van der Waals surface area contributed by atoms with Gasteiger partial charge < -0.3 is 5.32 Å².